The van der Waals surface area contributed by atoms with Crippen molar-refractivity contribution >= 4 is 17.9 Å². The summed E-state index contributed by atoms with van der Waals surface area (Å²) in [4.78, 5) is 38.4. The molecule has 1 atom stereocenters. The average molecular weight is 1080 g/mol. The van der Waals surface area contributed by atoms with Crippen LogP contribution in [0.3, 0.4) is 0 Å². The summed E-state index contributed by atoms with van der Waals surface area (Å²) in [6.45, 7) is 6.68. The van der Waals surface area contributed by atoms with Crippen LogP contribution in [0.5, 0.6) is 0 Å². The van der Waals surface area contributed by atoms with Crippen molar-refractivity contribution in [2.45, 2.75) is 386 Å². The van der Waals surface area contributed by atoms with Gasteiger partial charge in [-0.3, -0.25) is 14.4 Å². The minimum atomic E-state index is -0.776. The zero-order valence-electron chi connectivity index (χ0n) is 52.0. The van der Waals surface area contributed by atoms with Gasteiger partial charge in [0.15, 0.2) is 6.10 Å². The molecule has 0 spiro atoms. The van der Waals surface area contributed by atoms with E-state index in [0.717, 1.165) is 77.0 Å². The molecule has 452 valence electrons. The van der Waals surface area contributed by atoms with Crippen LogP contribution in [0.25, 0.3) is 0 Å². The van der Waals surface area contributed by atoms with E-state index < -0.39 is 6.10 Å². The molecule has 0 aliphatic rings. The monoisotopic (exact) mass is 1080 g/mol. The van der Waals surface area contributed by atoms with Gasteiger partial charge < -0.3 is 14.2 Å². The van der Waals surface area contributed by atoms with Gasteiger partial charge in [-0.15, -0.1) is 0 Å². The first-order chi connectivity index (χ1) is 38.0. The fourth-order valence-corrected chi connectivity index (χ4v) is 10.4. The Balaban J connectivity index is 4.28. The molecule has 0 saturated carbocycles. The molecule has 0 saturated heterocycles. The lowest BCUT2D eigenvalue weighted by Gasteiger charge is -2.18. The molecular formula is C71H132O6. The Kier molecular flexibility index (Phi) is 64.1. The SMILES string of the molecule is CCCCCC/C=C\C/C=C\CCCCCCCC(=O)OCC(COC(=O)CCCCCCCCCCCCCCC/C=C\CCCCCCCCCC)OC(=O)CCCCCCCCCCCCCCCCCCCC. The van der Waals surface area contributed by atoms with Crippen LogP contribution in [0, 0.1) is 0 Å². The minimum Gasteiger partial charge on any atom is -0.462 e. The predicted octanol–water partition coefficient (Wildman–Crippen LogP) is 23.6. The van der Waals surface area contributed by atoms with Gasteiger partial charge in [-0.1, -0.05) is 320 Å². The van der Waals surface area contributed by atoms with Gasteiger partial charge >= 0.3 is 17.9 Å². The van der Waals surface area contributed by atoms with Crippen molar-refractivity contribution in [3.63, 3.8) is 0 Å². The molecule has 0 rings (SSSR count). The van der Waals surface area contributed by atoms with Crippen molar-refractivity contribution in [1.82, 2.24) is 0 Å². The number of hydrogen-bond donors (Lipinski definition) is 0. The number of carbonyl (C=O) groups excluding carboxylic acids is 3. The highest BCUT2D eigenvalue weighted by Crippen LogP contribution is 2.18. The zero-order valence-corrected chi connectivity index (χ0v) is 52.0. The number of unbranched alkanes of at least 4 members (excludes halogenated alkanes) is 47. The predicted molar refractivity (Wildman–Crippen MR) is 335 cm³/mol. The lowest BCUT2D eigenvalue weighted by atomic mass is 10.0. The molecule has 1 unspecified atom stereocenters. The zero-order chi connectivity index (χ0) is 55.7. The number of hydrogen-bond acceptors (Lipinski definition) is 6. The van der Waals surface area contributed by atoms with E-state index in [2.05, 4.69) is 57.2 Å². The molecular weight excluding hydrogens is 949 g/mol. The first kappa shape index (κ1) is 74.6. The van der Waals surface area contributed by atoms with Gasteiger partial charge in [0.1, 0.15) is 13.2 Å². The Morgan fingerprint density at radius 2 is 0.468 bits per heavy atom. The van der Waals surface area contributed by atoms with Crippen molar-refractivity contribution in [2.24, 2.45) is 0 Å². The van der Waals surface area contributed by atoms with E-state index in [0.29, 0.717) is 19.3 Å². The Morgan fingerprint density at radius 1 is 0.260 bits per heavy atom. The summed E-state index contributed by atoms with van der Waals surface area (Å²) < 4.78 is 17.0. The third-order valence-corrected chi connectivity index (χ3v) is 15.6. The maximum Gasteiger partial charge on any atom is 0.306 e. The molecule has 0 radical (unpaired) electrons. The third-order valence-electron chi connectivity index (χ3n) is 15.6. The number of esters is 3. The fourth-order valence-electron chi connectivity index (χ4n) is 10.4. The summed E-state index contributed by atoms with van der Waals surface area (Å²) in [6.07, 6.45) is 81.6. The van der Waals surface area contributed by atoms with E-state index >= 15 is 0 Å². The van der Waals surface area contributed by atoms with Gasteiger partial charge in [-0.05, 0) is 77.0 Å². The highest BCUT2D eigenvalue weighted by atomic mass is 16.6. The van der Waals surface area contributed by atoms with Crippen molar-refractivity contribution < 1.29 is 28.6 Å². The van der Waals surface area contributed by atoms with Crippen LogP contribution >= 0.6 is 0 Å². The molecule has 0 aromatic heterocycles. The molecule has 77 heavy (non-hydrogen) atoms. The summed E-state index contributed by atoms with van der Waals surface area (Å²) in [7, 11) is 0. The normalized spacial score (nSPS) is 12.2. The highest BCUT2D eigenvalue weighted by molar-refractivity contribution is 5.71. The van der Waals surface area contributed by atoms with Gasteiger partial charge in [-0.25, -0.2) is 0 Å². The summed E-state index contributed by atoms with van der Waals surface area (Å²) in [5.74, 6) is -0.858. The number of carbonyl (C=O) groups is 3. The standard InChI is InChI=1S/C71H132O6/c1-4-7-10-13-16-19-22-25-28-31-33-34-35-36-37-38-39-41-43-46-49-52-55-58-61-64-70(73)76-67-68(66-75-69(72)63-60-57-54-51-48-45-42-30-27-24-21-18-15-12-9-6-3)77-71(74)65-62-59-56-53-50-47-44-40-32-29-26-23-20-17-14-11-8-5-2/h21,24,30-31,33,42,68H,4-20,22-23,25-29,32,34-41,43-67H2,1-3H3/b24-21-,33-31-,42-30-. The third kappa shape index (κ3) is 64.3. The van der Waals surface area contributed by atoms with Crippen molar-refractivity contribution in [2.75, 3.05) is 13.2 Å². The van der Waals surface area contributed by atoms with Crippen LogP contribution in [0.15, 0.2) is 36.5 Å². The van der Waals surface area contributed by atoms with E-state index in [9.17, 15) is 14.4 Å². The molecule has 0 aromatic rings. The Bertz CT molecular complexity index is 1290. The molecule has 0 N–H and O–H groups in total. The summed E-state index contributed by atoms with van der Waals surface area (Å²) >= 11 is 0. The summed E-state index contributed by atoms with van der Waals surface area (Å²) in [5.41, 5.74) is 0. The quantitative estimate of drug-likeness (QED) is 0.0261. The second-order valence-corrected chi connectivity index (χ2v) is 23.4. The molecule has 6 heteroatoms. The molecule has 0 aromatic carbocycles. The fraction of sp³-hybridized carbons (Fsp3) is 0.873. The maximum absolute atomic E-state index is 12.9. The topological polar surface area (TPSA) is 78.9 Å². The van der Waals surface area contributed by atoms with E-state index in [4.69, 9.17) is 14.2 Å². The van der Waals surface area contributed by atoms with Gasteiger partial charge in [0.2, 0.25) is 0 Å². The molecule has 0 amide bonds. The Hall–Kier alpha value is -2.37. The van der Waals surface area contributed by atoms with E-state index in [-0.39, 0.29) is 31.1 Å². The van der Waals surface area contributed by atoms with Crippen LogP contribution in [0.4, 0.5) is 0 Å². The van der Waals surface area contributed by atoms with Gasteiger partial charge in [0, 0.05) is 19.3 Å². The summed E-state index contributed by atoms with van der Waals surface area (Å²) in [5, 5.41) is 0. The number of allylic oxidation sites excluding steroid dienone is 6. The Labute approximate surface area is 480 Å². The minimum absolute atomic E-state index is 0.0719. The summed E-state index contributed by atoms with van der Waals surface area (Å²) in [6, 6.07) is 0. The molecule has 6 nitrogen and oxygen atoms in total. The molecule has 0 heterocycles. The second kappa shape index (κ2) is 66.1. The van der Waals surface area contributed by atoms with Gasteiger partial charge in [0.25, 0.3) is 0 Å². The molecule has 0 aliphatic heterocycles. The second-order valence-electron chi connectivity index (χ2n) is 23.4. The van der Waals surface area contributed by atoms with Gasteiger partial charge in [0.05, 0.1) is 0 Å². The van der Waals surface area contributed by atoms with Crippen LogP contribution < -0.4 is 0 Å². The largest absolute Gasteiger partial charge is 0.462 e. The molecule has 0 bridgehead atoms. The number of ether oxygens (including phenoxy) is 3. The lowest BCUT2D eigenvalue weighted by molar-refractivity contribution is -0.167. The van der Waals surface area contributed by atoms with Crippen molar-refractivity contribution in [1.29, 1.82) is 0 Å². The first-order valence-electron chi connectivity index (χ1n) is 34.5. The van der Waals surface area contributed by atoms with E-state index in [1.54, 1.807) is 0 Å². The van der Waals surface area contributed by atoms with Crippen LogP contribution in [-0.4, -0.2) is 37.2 Å². The van der Waals surface area contributed by atoms with E-state index in [1.807, 2.05) is 0 Å². The smallest absolute Gasteiger partial charge is 0.306 e. The number of rotatable bonds is 64. The van der Waals surface area contributed by atoms with Crippen LogP contribution in [-0.2, 0) is 28.6 Å². The lowest BCUT2D eigenvalue weighted by Crippen LogP contribution is -2.30. The van der Waals surface area contributed by atoms with Crippen molar-refractivity contribution in [3.8, 4) is 0 Å². The van der Waals surface area contributed by atoms with Gasteiger partial charge in [-0.2, -0.15) is 0 Å². The first-order valence-corrected chi connectivity index (χ1v) is 34.5. The highest BCUT2D eigenvalue weighted by Gasteiger charge is 2.19. The van der Waals surface area contributed by atoms with Crippen LogP contribution in [0.2, 0.25) is 0 Å². The van der Waals surface area contributed by atoms with Crippen LogP contribution in [0.1, 0.15) is 380 Å². The van der Waals surface area contributed by atoms with Crippen molar-refractivity contribution in [3.05, 3.63) is 36.5 Å². The molecule has 0 aliphatic carbocycles. The Morgan fingerprint density at radius 3 is 0.740 bits per heavy atom. The van der Waals surface area contributed by atoms with E-state index in [1.165, 1.54) is 263 Å². The average Bonchev–Trinajstić information content (AvgIpc) is 3.43. The molecule has 0 fully saturated rings. The maximum atomic E-state index is 12.9.